The molecule has 1 unspecified atom stereocenters. The fraction of sp³-hybridized carbons (Fsp3) is 0.353. The monoisotopic (exact) mass is 382 g/mol. The summed E-state index contributed by atoms with van der Waals surface area (Å²) in [6.07, 6.45) is -3.06. The minimum atomic E-state index is -4.49. The summed E-state index contributed by atoms with van der Waals surface area (Å²) < 4.78 is 39.6. The summed E-state index contributed by atoms with van der Waals surface area (Å²) in [5, 5.41) is 4.99. The van der Waals surface area contributed by atoms with Crippen molar-refractivity contribution in [1.29, 1.82) is 0 Å². The molecule has 2 aromatic rings. The minimum Gasteiger partial charge on any atom is -0.327 e. The lowest BCUT2D eigenvalue weighted by atomic mass is 9.97. The lowest BCUT2D eigenvalue weighted by molar-refractivity contribution is -0.137. The second kappa shape index (κ2) is 6.93. The highest BCUT2D eigenvalue weighted by Gasteiger charge is 2.33. The van der Waals surface area contributed by atoms with Crippen molar-refractivity contribution in [3.8, 4) is 0 Å². The van der Waals surface area contributed by atoms with Crippen molar-refractivity contribution < 1.29 is 18.0 Å². The second-order valence-electron chi connectivity index (χ2n) is 6.18. The average molecular weight is 382 g/mol. The Labute approximate surface area is 151 Å². The molecule has 2 heterocycles. The molecular formula is C17H17F3N4O3. The van der Waals surface area contributed by atoms with Crippen LogP contribution in [0.15, 0.2) is 33.9 Å². The Bertz CT molecular complexity index is 977. The van der Waals surface area contributed by atoms with Crippen LogP contribution in [0, 0.1) is 0 Å². The first kappa shape index (κ1) is 18.7. The van der Waals surface area contributed by atoms with E-state index in [1.165, 1.54) is 16.7 Å². The number of anilines is 1. The zero-order valence-electron chi connectivity index (χ0n) is 14.3. The average Bonchev–Trinajstić information content (AvgIpc) is 2.60. The number of hydrogen-bond donors (Lipinski definition) is 3. The molecule has 7 nitrogen and oxygen atoms in total. The van der Waals surface area contributed by atoms with Gasteiger partial charge in [-0.05, 0) is 24.1 Å². The number of H-pyrrole nitrogens is 1. The maximum atomic E-state index is 12.8. The molecule has 3 rings (SSSR count). The van der Waals surface area contributed by atoms with Crippen LogP contribution in [-0.2, 0) is 12.7 Å². The van der Waals surface area contributed by atoms with Crippen LogP contribution in [0.2, 0.25) is 0 Å². The molecule has 1 aliphatic heterocycles. The Morgan fingerprint density at radius 2 is 1.78 bits per heavy atom. The van der Waals surface area contributed by atoms with Crippen molar-refractivity contribution in [1.82, 2.24) is 14.9 Å². The Kier molecular flexibility index (Phi) is 4.81. The highest BCUT2D eigenvalue weighted by Crippen LogP contribution is 2.32. The molecular weight excluding hydrogens is 365 g/mol. The van der Waals surface area contributed by atoms with Crippen LogP contribution >= 0.6 is 0 Å². The Balaban J connectivity index is 2.12. The fourth-order valence-electron chi connectivity index (χ4n) is 2.98. The summed E-state index contributed by atoms with van der Waals surface area (Å²) in [6.45, 7) is 2.21. The standard InChI is InChI=1S/C17H17F3N4O3/c1-2-3-8-24-13-11(14(25)23-16(24)27)12(21-15(26)22-13)9-4-6-10(7-5-9)17(18,19)20/h4-7,12H,2-3,8H2,1H3,(H2,21,22,26)(H,23,25,27). The molecule has 1 atom stereocenters. The van der Waals surface area contributed by atoms with E-state index in [9.17, 15) is 27.6 Å². The first-order chi connectivity index (χ1) is 12.7. The molecule has 144 valence electrons. The smallest absolute Gasteiger partial charge is 0.327 e. The van der Waals surface area contributed by atoms with Gasteiger partial charge in [0.05, 0.1) is 17.2 Å². The van der Waals surface area contributed by atoms with Gasteiger partial charge >= 0.3 is 17.9 Å². The van der Waals surface area contributed by atoms with Gasteiger partial charge in [0.2, 0.25) is 0 Å². The molecule has 0 fully saturated rings. The van der Waals surface area contributed by atoms with Gasteiger partial charge < -0.3 is 5.32 Å². The van der Waals surface area contributed by atoms with Gasteiger partial charge in [0.25, 0.3) is 5.56 Å². The maximum absolute atomic E-state index is 12.8. The van der Waals surface area contributed by atoms with Gasteiger partial charge in [0.1, 0.15) is 5.82 Å². The highest BCUT2D eigenvalue weighted by molar-refractivity contribution is 5.92. The molecule has 27 heavy (non-hydrogen) atoms. The number of unbranched alkanes of at least 4 members (excludes halogenated alkanes) is 1. The van der Waals surface area contributed by atoms with Crippen LogP contribution in [0.4, 0.5) is 23.8 Å². The molecule has 0 aliphatic carbocycles. The van der Waals surface area contributed by atoms with Gasteiger partial charge in [-0.2, -0.15) is 13.2 Å². The number of rotatable bonds is 4. The number of benzene rings is 1. The molecule has 3 N–H and O–H groups in total. The number of aromatic amines is 1. The minimum absolute atomic E-state index is 0.0610. The lowest BCUT2D eigenvalue weighted by Gasteiger charge is -2.28. The lowest BCUT2D eigenvalue weighted by Crippen LogP contribution is -2.46. The van der Waals surface area contributed by atoms with Gasteiger partial charge in [-0.1, -0.05) is 25.5 Å². The Morgan fingerprint density at radius 1 is 1.11 bits per heavy atom. The molecule has 0 saturated heterocycles. The van der Waals surface area contributed by atoms with E-state index in [1.807, 2.05) is 6.92 Å². The number of alkyl halides is 3. The van der Waals surface area contributed by atoms with Crippen molar-refractivity contribution in [2.45, 2.75) is 38.5 Å². The predicted octanol–water partition coefficient (Wildman–Crippen LogP) is 2.58. The number of fused-ring (bicyclic) bond motifs is 1. The third-order valence-corrected chi connectivity index (χ3v) is 4.34. The van der Waals surface area contributed by atoms with Crippen LogP contribution in [0.3, 0.4) is 0 Å². The third-order valence-electron chi connectivity index (χ3n) is 4.34. The summed E-state index contributed by atoms with van der Waals surface area (Å²) in [4.78, 5) is 38.8. The summed E-state index contributed by atoms with van der Waals surface area (Å²) in [6, 6.07) is 2.53. The third kappa shape index (κ3) is 3.60. The quantitative estimate of drug-likeness (QED) is 0.758. The number of carbonyl (C=O) groups is 1. The van der Waals surface area contributed by atoms with Crippen molar-refractivity contribution >= 4 is 11.8 Å². The fourth-order valence-corrected chi connectivity index (χ4v) is 2.98. The first-order valence-corrected chi connectivity index (χ1v) is 8.34. The molecule has 10 heteroatoms. The largest absolute Gasteiger partial charge is 0.416 e. The van der Waals surface area contributed by atoms with Crippen molar-refractivity contribution in [2.24, 2.45) is 0 Å². The van der Waals surface area contributed by atoms with E-state index in [0.717, 1.165) is 18.6 Å². The number of nitrogens with one attached hydrogen (secondary N) is 3. The van der Waals surface area contributed by atoms with Crippen molar-refractivity contribution in [3.05, 3.63) is 61.8 Å². The van der Waals surface area contributed by atoms with E-state index in [2.05, 4.69) is 15.6 Å². The second-order valence-corrected chi connectivity index (χ2v) is 6.18. The number of hydrogen-bond acceptors (Lipinski definition) is 3. The molecule has 0 radical (unpaired) electrons. The summed E-state index contributed by atoms with van der Waals surface area (Å²) in [5.74, 6) is 0.0610. The maximum Gasteiger partial charge on any atom is 0.416 e. The van der Waals surface area contributed by atoms with Gasteiger partial charge in [-0.3, -0.25) is 19.7 Å². The molecule has 1 aromatic heterocycles. The zero-order valence-corrected chi connectivity index (χ0v) is 14.3. The first-order valence-electron chi connectivity index (χ1n) is 8.34. The normalized spacial score (nSPS) is 16.4. The molecule has 0 spiro atoms. The summed E-state index contributed by atoms with van der Waals surface area (Å²) in [7, 11) is 0. The molecule has 2 amide bonds. The SMILES string of the molecule is CCCCn1c2c(c(=O)[nH]c1=O)C(c1ccc(C(F)(F)F)cc1)NC(=O)N2. The van der Waals surface area contributed by atoms with Crippen LogP contribution in [0.1, 0.15) is 42.5 Å². The predicted molar refractivity (Wildman–Crippen MR) is 91.7 cm³/mol. The van der Waals surface area contributed by atoms with Crippen molar-refractivity contribution in [2.75, 3.05) is 5.32 Å². The van der Waals surface area contributed by atoms with Gasteiger partial charge in [-0.15, -0.1) is 0 Å². The highest BCUT2D eigenvalue weighted by atomic mass is 19.4. The van der Waals surface area contributed by atoms with E-state index < -0.39 is 35.1 Å². The van der Waals surface area contributed by atoms with E-state index in [4.69, 9.17) is 0 Å². The number of urea groups is 1. The topological polar surface area (TPSA) is 96.0 Å². The van der Waals surface area contributed by atoms with Crippen LogP contribution in [0.25, 0.3) is 0 Å². The molecule has 0 bridgehead atoms. The van der Waals surface area contributed by atoms with E-state index in [1.54, 1.807) is 0 Å². The van der Waals surface area contributed by atoms with Crippen LogP contribution in [0.5, 0.6) is 0 Å². The molecule has 1 aliphatic rings. The summed E-state index contributed by atoms with van der Waals surface area (Å²) >= 11 is 0. The number of nitrogens with zero attached hydrogens (tertiary/aromatic N) is 1. The van der Waals surface area contributed by atoms with Gasteiger partial charge in [-0.25, -0.2) is 9.59 Å². The zero-order chi connectivity index (χ0) is 19.8. The molecule has 0 saturated carbocycles. The number of amides is 2. The van der Waals surface area contributed by atoms with E-state index in [-0.39, 0.29) is 17.9 Å². The Hall–Kier alpha value is -3.04. The molecule has 1 aromatic carbocycles. The van der Waals surface area contributed by atoms with Crippen LogP contribution < -0.4 is 21.9 Å². The number of halogens is 3. The van der Waals surface area contributed by atoms with E-state index in [0.29, 0.717) is 12.0 Å². The van der Waals surface area contributed by atoms with Gasteiger partial charge in [0.15, 0.2) is 0 Å². The number of aromatic nitrogens is 2. The van der Waals surface area contributed by atoms with Gasteiger partial charge in [0, 0.05) is 6.54 Å². The number of carbonyl (C=O) groups excluding carboxylic acids is 1. The Morgan fingerprint density at radius 3 is 2.37 bits per heavy atom. The summed E-state index contributed by atoms with van der Waals surface area (Å²) in [5.41, 5.74) is -1.83. The van der Waals surface area contributed by atoms with Crippen LogP contribution in [-0.4, -0.2) is 15.6 Å². The van der Waals surface area contributed by atoms with E-state index >= 15 is 0 Å². The van der Waals surface area contributed by atoms with Crippen molar-refractivity contribution in [3.63, 3.8) is 0 Å².